The number of alkyl halides is 2. The van der Waals surface area contributed by atoms with Crippen LogP contribution in [0.1, 0.15) is 21.5 Å². The van der Waals surface area contributed by atoms with Crippen molar-refractivity contribution in [1.82, 2.24) is 9.80 Å². The molecule has 0 radical (unpaired) electrons. The highest BCUT2D eigenvalue weighted by Crippen LogP contribution is 2.16. The van der Waals surface area contributed by atoms with Gasteiger partial charge in [-0.05, 0) is 36.8 Å². The summed E-state index contributed by atoms with van der Waals surface area (Å²) in [5, 5.41) is 0. The van der Waals surface area contributed by atoms with Crippen LogP contribution in [0.2, 0.25) is 0 Å². The molecule has 2 aromatic carbocycles. The largest absolute Gasteiger partial charge is 0.435 e. The van der Waals surface area contributed by atoms with Crippen LogP contribution in [-0.2, 0) is 6.54 Å². The molecule has 1 saturated heterocycles. The van der Waals surface area contributed by atoms with Gasteiger partial charge in [-0.3, -0.25) is 9.69 Å². The number of carbonyl (C=O) groups is 1. The molecule has 0 spiro atoms. The Kier molecular flexibility index (Phi) is 6.76. The average molecular weight is 386 g/mol. The second-order valence-corrected chi connectivity index (χ2v) is 6.88. The zero-order chi connectivity index (χ0) is 19.9. The lowest BCUT2D eigenvalue weighted by Crippen LogP contribution is -2.43. The van der Waals surface area contributed by atoms with Gasteiger partial charge in [-0.1, -0.05) is 29.8 Å². The molecule has 4 nitrogen and oxygen atoms in total. The third kappa shape index (κ3) is 5.89. The lowest BCUT2D eigenvalue weighted by molar-refractivity contribution is -0.0498. The SMILES string of the molecule is Cc1ccc(CN2CCN(C=CC(=O)c3ccc(OC(F)F)cc3)CC2)cc1. The van der Waals surface area contributed by atoms with Crippen LogP contribution in [0.3, 0.4) is 0 Å². The van der Waals surface area contributed by atoms with Gasteiger partial charge in [0, 0.05) is 50.6 Å². The minimum absolute atomic E-state index is 0.0419. The van der Waals surface area contributed by atoms with Gasteiger partial charge in [-0.15, -0.1) is 0 Å². The van der Waals surface area contributed by atoms with Crippen molar-refractivity contribution in [3.05, 3.63) is 77.5 Å². The molecule has 148 valence electrons. The Hall–Kier alpha value is -2.73. The van der Waals surface area contributed by atoms with Crippen molar-refractivity contribution in [3.8, 4) is 5.75 Å². The van der Waals surface area contributed by atoms with E-state index in [0.29, 0.717) is 5.56 Å². The molecule has 6 heteroatoms. The third-order valence-corrected chi connectivity index (χ3v) is 4.73. The number of nitrogens with zero attached hydrogens (tertiary/aromatic N) is 2. The maximum atomic E-state index is 12.2. The molecule has 0 saturated carbocycles. The first-order valence-corrected chi connectivity index (χ1v) is 9.29. The number of hydrogen-bond donors (Lipinski definition) is 0. The molecule has 2 aromatic rings. The summed E-state index contributed by atoms with van der Waals surface area (Å²) in [7, 11) is 0. The Balaban J connectivity index is 1.46. The third-order valence-electron chi connectivity index (χ3n) is 4.73. The normalized spacial score (nSPS) is 15.4. The number of benzene rings is 2. The molecule has 1 heterocycles. The molecule has 3 rings (SSSR count). The Morgan fingerprint density at radius 2 is 1.68 bits per heavy atom. The summed E-state index contributed by atoms with van der Waals surface area (Å²) in [6.45, 7) is 3.74. The summed E-state index contributed by atoms with van der Waals surface area (Å²) in [4.78, 5) is 16.8. The van der Waals surface area contributed by atoms with Gasteiger partial charge in [0.1, 0.15) is 5.75 Å². The second-order valence-electron chi connectivity index (χ2n) is 6.88. The van der Waals surface area contributed by atoms with E-state index in [0.717, 1.165) is 32.7 Å². The molecule has 0 N–H and O–H groups in total. The molecule has 28 heavy (non-hydrogen) atoms. The number of carbonyl (C=O) groups excluding carboxylic acids is 1. The van der Waals surface area contributed by atoms with Crippen LogP contribution in [0.15, 0.2) is 60.8 Å². The molecule has 1 aliphatic rings. The van der Waals surface area contributed by atoms with Crippen molar-refractivity contribution in [2.75, 3.05) is 26.2 Å². The van der Waals surface area contributed by atoms with E-state index in [-0.39, 0.29) is 11.5 Å². The van der Waals surface area contributed by atoms with Crippen molar-refractivity contribution in [2.24, 2.45) is 0 Å². The fourth-order valence-corrected chi connectivity index (χ4v) is 3.09. The van der Waals surface area contributed by atoms with Gasteiger partial charge in [0.15, 0.2) is 5.78 Å². The molecule has 0 atom stereocenters. The highest BCUT2D eigenvalue weighted by molar-refractivity contribution is 6.04. The Morgan fingerprint density at radius 3 is 2.29 bits per heavy atom. The molecule has 0 bridgehead atoms. The first-order valence-electron chi connectivity index (χ1n) is 9.29. The van der Waals surface area contributed by atoms with Crippen LogP contribution in [0.4, 0.5) is 8.78 Å². The highest BCUT2D eigenvalue weighted by Gasteiger charge is 2.15. The van der Waals surface area contributed by atoms with E-state index in [1.54, 1.807) is 0 Å². The van der Waals surface area contributed by atoms with Gasteiger partial charge in [0.25, 0.3) is 0 Å². The van der Waals surface area contributed by atoms with Crippen LogP contribution >= 0.6 is 0 Å². The van der Waals surface area contributed by atoms with E-state index >= 15 is 0 Å². The van der Waals surface area contributed by atoms with Crippen LogP contribution in [0, 0.1) is 6.92 Å². The number of halogens is 2. The van der Waals surface area contributed by atoms with Gasteiger partial charge >= 0.3 is 6.61 Å². The number of ether oxygens (including phenoxy) is 1. The minimum Gasteiger partial charge on any atom is -0.435 e. The van der Waals surface area contributed by atoms with Gasteiger partial charge < -0.3 is 9.64 Å². The summed E-state index contributed by atoms with van der Waals surface area (Å²) in [5.74, 6) is -0.120. The van der Waals surface area contributed by atoms with Crippen LogP contribution in [-0.4, -0.2) is 48.4 Å². The summed E-state index contributed by atoms with van der Waals surface area (Å²) >= 11 is 0. The fraction of sp³-hybridized carbons (Fsp3) is 0.318. The molecule has 0 aromatic heterocycles. The standard InChI is InChI=1S/C22H24F2N2O2/c1-17-2-4-18(5-3-17)16-26-14-12-25(13-15-26)11-10-21(27)19-6-8-20(9-7-19)28-22(23)24/h2-11,22H,12-16H2,1H3. The summed E-state index contributed by atoms with van der Waals surface area (Å²) in [5.41, 5.74) is 3.01. The van der Waals surface area contributed by atoms with Crippen molar-refractivity contribution >= 4 is 5.78 Å². The maximum absolute atomic E-state index is 12.2. The molecule has 1 aliphatic heterocycles. The van der Waals surface area contributed by atoms with E-state index in [4.69, 9.17) is 0 Å². The zero-order valence-corrected chi connectivity index (χ0v) is 15.9. The Labute approximate surface area is 164 Å². The average Bonchev–Trinajstić information content (AvgIpc) is 2.69. The predicted molar refractivity (Wildman–Crippen MR) is 105 cm³/mol. The Bertz CT molecular complexity index is 796. The van der Waals surface area contributed by atoms with Gasteiger partial charge in [0.2, 0.25) is 0 Å². The molecule has 0 amide bonds. The van der Waals surface area contributed by atoms with Crippen molar-refractivity contribution in [2.45, 2.75) is 20.1 Å². The number of allylic oxidation sites excluding steroid dienone is 1. The summed E-state index contributed by atoms with van der Waals surface area (Å²) in [6.07, 6.45) is 3.34. The highest BCUT2D eigenvalue weighted by atomic mass is 19.3. The molecule has 0 unspecified atom stereocenters. The topological polar surface area (TPSA) is 32.8 Å². The van der Waals surface area contributed by atoms with E-state index in [2.05, 4.69) is 45.7 Å². The zero-order valence-electron chi connectivity index (χ0n) is 15.9. The number of aryl methyl sites for hydroxylation is 1. The van der Waals surface area contributed by atoms with E-state index in [1.165, 1.54) is 41.5 Å². The smallest absolute Gasteiger partial charge is 0.387 e. The first-order chi connectivity index (χ1) is 13.5. The number of hydrogen-bond acceptors (Lipinski definition) is 4. The monoisotopic (exact) mass is 386 g/mol. The fourth-order valence-electron chi connectivity index (χ4n) is 3.09. The lowest BCUT2D eigenvalue weighted by Gasteiger charge is -2.34. The lowest BCUT2D eigenvalue weighted by atomic mass is 10.1. The number of piperazine rings is 1. The number of ketones is 1. The van der Waals surface area contributed by atoms with E-state index < -0.39 is 6.61 Å². The van der Waals surface area contributed by atoms with Crippen molar-refractivity contribution < 1.29 is 18.3 Å². The number of rotatable bonds is 7. The van der Waals surface area contributed by atoms with Crippen LogP contribution in [0.25, 0.3) is 0 Å². The molecule has 0 aliphatic carbocycles. The second kappa shape index (κ2) is 9.46. The van der Waals surface area contributed by atoms with Gasteiger partial charge in [-0.25, -0.2) is 0 Å². The van der Waals surface area contributed by atoms with E-state index in [9.17, 15) is 13.6 Å². The summed E-state index contributed by atoms with van der Waals surface area (Å²) < 4.78 is 28.6. The van der Waals surface area contributed by atoms with Gasteiger partial charge in [-0.2, -0.15) is 8.78 Å². The van der Waals surface area contributed by atoms with Crippen molar-refractivity contribution in [3.63, 3.8) is 0 Å². The molecular formula is C22H24F2N2O2. The van der Waals surface area contributed by atoms with Crippen molar-refractivity contribution in [1.29, 1.82) is 0 Å². The summed E-state index contributed by atoms with van der Waals surface area (Å²) in [6, 6.07) is 14.3. The quantitative estimate of drug-likeness (QED) is 0.530. The van der Waals surface area contributed by atoms with Crippen LogP contribution in [0.5, 0.6) is 5.75 Å². The Morgan fingerprint density at radius 1 is 1.04 bits per heavy atom. The first kappa shape index (κ1) is 20.0. The van der Waals surface area contributed by atoms with Gasteiger partial charge in [0.05, 0.1) is 0 Å². The maximum Gasteiger partial charge on any atom is 0.387 e. The van der Waals surface area contributed by atoms with Crippen LogP contribution < -0.4 is 4.74 Å². The molecule has 1 fully saturated rings. The minimum atomic E-state index is -2.87. The molecular weight excluding hydrogens is 362 g/mol. The van der Waals surface area contributed by atoms with E-state index in [1.807, 2.05) is 6.20 Å². The predicted octanol–water partition coefficient (Wildman–Crippen LogP) is 4.11.